The molecule has 0 radical (unpaired) electrons. The number of amides is 1. The monoisotopic (exact) mass is 344 g/mol. The number of aromatic nitrogens is 2. The molecule has 0 saturated heterocycles. The lowest BCUT2D eigenvalue weighted by Gasteiger charge is -2.41. The third-order valence-corrected chi connectivity index (χ3v) is 4.35. The lowest BCUT2D eigenvalue weighted by Crippen LogP contribution is -2.54. The second-order valence-corrected chi connectivity index (χ2v) is 6.11. The molecule has 3 rings (SSSR count). The molecule has 2 aromatic rings. The zero-order valence-corrected chi connectivity index (χ0v) is 13.2. The first kappa shape index (κ1) is 16.6. The van der Waals surface area contributed by atoms with Crippen LogP contribution in [0.3, 0.4) is 0 Å². The number of carboxylic acid groups (broad SMARTS) is 1. The van der Waals surface area contributed by atoms with Crippen molar-refractivity contribution in [2.75, 3.05) is 0 Å². The number of carboxylic acids is 1. The maximum Gasteiger partial charge on any atom is 0.305 e. The van der Waals surface area contributed by atoms with Crippen LogP contribution < -0.4 is 5.32 Å². The van der Waals surface area contributed by atoms with Gasteiger partial charge in [-0.2, -0.15) is 5.10 Å². The number of hydrogen-bond acceptors (Lipinski definition) is 5. The van der Waals surface area contributed by atoms with E-state index < -0.39 is 16.4 Å². The predicted octanol–water partition coefficient (Wildman–Crippen LogP) is 1.91. The number of non-ortho nitro benzene ring substituents is 1. The van der Waals surface area contributed by atoms with Crippen LogP contribution in [0.4, 0.5) is 5.69 Å². The normalized spacial score (nSPS) is 15.2. The molecule has 0 spiro atoms. The highest BCUT2D eigenvalue weighted by atomic mass is 16.6. The fourth-order valence-corrected chi connectivity index (χ4v) is 2.86. The Morgan fingerprint density at radius 1 is 1.32 bits per heavy atom. The van der Waals surface area contributed by atoms with Gasteiger partial charge in [0.05, 0.1) is 34.3 Å². The van der Waals surface area contributed by atoms with Gasteiger partial charge < -0.3 is 10.4 Å². The van der Waals surface area contributed by atoms with Gasteiger partial charge in [-0.1, -0.05) is 0 Å². The van der Waals surface area contributed by atoms with Crippen LogP contribution in [0.5, 0.6) is 0 Å². The molecule has 1 aromatic heterocycles. The van der Waals surface area contributed by atoms with Crippen molar-refractivity contribution in [3.05, 3.63) is 52.3 Å². The van der Waals surface area contributed by atoms with Gasteiger partial charge in [0.1, 0.15) is 0 Å². The highest BCUT2D eigenvalue weighted by Gasteiger charge is 2.40. The van der Waals surface area contributed by atoms with Crippen LogP contribution in [-0.2, 0) is 4.79 Å². The number of nitro groups is 1. The van der Waals surface area contributed by atoms with Crippen LogP contribution >= 0.6 is 0 Å². The van der Waals surface area contributed by atoms with Crippen LogP contribution in [0.25, 0.3) is 5.69 Å². The molecule has 25 heavy (non-hydrogen) atoms. The number of nitrogens with one attached hydrogen (secondary N) is 1. The molecule has 1 heterocycles. The molecule has 1 aromatic carbocycles. The lowest BCUT2D eigenvalue weighted by atomic mass is 9.74. The summed E-state index contributed by atoms with van der Waals surface area (Å²) >= 11 is 0. The molecule has 0 atom stereocenters. The van der Waals surface area contributed by atoms with Crippen LogP contribution in [0, 0.1) is 10.1 Å². The molecule has 1 fully saturated rings. The van der Waals surface area contributed by atoms with E-state index in [1.807, 2.05) is 0 Å². The van der Waals surface area contributed by atoms with E-state index in [0.717, 1.165) is 6.42 Å². The van der Waals surface area contributed by atoms with Crippen molar-refractivity contribution < 1.29 is 19.6 Å². The van der Waals surface area contributed by atoms with Gasteiger partial charge in [-0.3, -0.25) is 19.7 Å². The maximum absolute atomic E-state index is 12.4. The smallest absolute Gasteiger partial charge is 0.305 e. The van der Waals surface area contributed by atoms with E-state index in [-0.39, 0.29) is 18.0 Å². The molecule has 1 aliphatic rings. The Hall–Kier alpha value is -3.23. The summed E-state index contributed by atoms with van der Waals surface area (Å²) in [5.41, 5.74) is 0.163. The molecule has 9 nitrogen and oxygen atoms in total. The number of carbonyl (C=O) groups excluding carboxylic acids is 1. The minimum atomic E-state index is -0.943. The fourth-order valence-electron chi connectivity index (χ4n) is 2.86. The summed E-state index contributed by atoms with van der Waals surface area (Å²) in [6.45, 7) is 0. The van der Waals surface area contributed by atoms with Gasteiger partial charge >= 0.3 is 5.97 Å². The first-order valence-corrected chi connectivity index (χ1v) is 7.72. The molecule has 2 N–H and O–H groups in total. The number of nitro benzene ring substituents is 1. The van der Waals surface area contributed by atoms with Crippen molar-refractivity contribution in [2.45, 2.75) is 31.2 Å². The van der Waals surface area contributed by atoms with Crippen LogP contribution in [0.1, 0.15) is 36.0 Å². The Morgan fingerprint density at radius 2 is 2.00 bits per heavy atom. The van der Waals surface area contributed by atoms with E-state index in [9.17, 15) is 19.7 Å². The summed E-state index contributed by atoms with van der Waals surface area (Å²) in [6.07, 6.45) is 4.95. The summed E-state index contributed by atoms with van der Waals surface area (Å²) < 4.78 is 1.43. The van der Waals surface area contributed by atoms with Crippen LogP contribution in [-0.4, -0.2) is 37.2 Å². The van der Waals surface area contributed by atoms with E-state index in [0.29, 0.717) is 24.1 Å². The zero-order chi connectivity index (χ0) is 18.0. The topological polar surface area (TPSA) is 127 Å². The van der Waals surface area contributed by atoms with Crippen molar-refractivity contribution in [1.29, 1.82) is 0 Å². The number of benzene rings is 1. The molecule has 0 unspecified atom stereocenters. The van der Waals surface area contributed by atoms with Gasteiger partial charge in [-0.15, -0.1) is 0 Å². The molecule has 130 valence electrons. The third kappa shape index (κ3) is 3.49. The molecule has 0 aliphatic heterocycles. The summed E-state index contributed by atoms with van der Waals surface area (Å²) in [7, 11) is 0. The minimum Gasteiger partial charge on any atom is -0.481 e. The Labute approximate surface area is 142 Å². The maximum atomic E-state index is 12.4. The average Bonchev–Trinajstić information content (AvgIpc) is 3.02. The first-order chi connectivity index (χ1) is 11.9. The Kier molecular flexibility index (Phi) is 4.22. The van der Waals surface area contributed by atoms with Crippen LogP contribution in [0.15, 0.2) is 36.7 Å². The van der Waals surface area contributed by atoms with E-state index in [2.05, 4.69) is 10.4 Å². The first-order valence-electron chi connectivity index (χ1n) is 7.72. The van der Waals surface area contributed by atoms with Gasteiger partial charge in [-0.05, 0) is 31.4 Å². The summed E-state index contributed by atoms with van der Waals surface area (Å²) in [4.78, 5) is 33.5. The van der Waals surface area contributed by atoms with E-state index in [4.69, 9.17) is 5.11 Å². The van der Waals surface area contributed by atoms with E-state index in [1.54, 1.807) is 0 Å². The second-order valence-electron chi connectivity index (χ2n) is 6.11. The van der Waals surface area contributed by atoms with Gasteiger partial charge in [0.2, 0.25) is 0 Å². The second kappa shape index (κ2) is 6.34. The fraction of sp³-hybridized carbons (Fsp3) is 0.312. The molecule has 1 amide bonds. The van der Waals surface area contributed by atoms with Gasteiger partial charge in [0, 0.05) is 18.3 Å². The SMILES string of the molecule is O=C(O)CC1(NC(=O)c2cnn(-c3ccc([N+](=O)[O-])cc3)c2)CCC1. The Balaban J connectivity index is 1.73. The molecular formula is C16H16N4O5. The highest BCUT2D eigenvalue weighted by Crippen LogP contribution is 2.35. The van der Waals surface area contributed by atoms with Crippen molar-refractivity contribution in [3.8, 4) is 5.69 Å². The largest absolute Gasteiger partial charge is 0.481 e. The third-order valence-electron chi connectivity index (χ3n) is 4.35. The number of nitrogens with zero attached hydrogens (tertiary/aromatic N) is 3. The lowest BCUT2D eigenvalue weighted by molar-refractivity contribution is -0.384. The zero-order valence-electron chi connectivity index (χ0n) is 13.2. The molecule has 9 heteroatoms. The number of aliphatic carboxylic acids is 1. The number of hydrogen-bond donors (Lipinski definition) is 2. The summed E-state index contributed by atoms with van der Waals surface area (Å²) in [6, 6.07) is 5.77. The van der Waals surface area contributed by atoms with Gasteiger partial charge in [0.25, 0.3) is 11.6 Å². The Morgan fingerprint density at radius 3 is 2.52 bits per heavy atom. The van der Waals surface area contributed by atoms with E-state index >= 15 is 0 Å². The average molecular weight is 344 g/mol. The number of carbonyl (C=O) groups is 2. The molecular weight excluding hydrogens is 328 g/mol. The quantitative estimate of drug-likeness (QED) is 0.608. The predicted molar refractivity (Wildman–Crippen MR) is 86.5 cm³/mol. The van der Waals surface area contributed by atoms with Crippen LogP contribution in [0.2, 0.25) is 0 Å². The van der Waals surface area contributed by atoms with Crippen molar-refractivity contribution in [3.63, 3.8) is 0 Å². The van der Waals surface area contributed by atoms with Gasteiger partial charge in [0.15, 0.2) is 0 Å². The molecule has 0 bridgehead atoms. The molecule has 1 saturated carbocycles. The highest BCUT2D eigenvalue weighted by molar-refractivity contribution is 5.94. The number of rotatable bonds is 6. The minimum absolute atomic E-state index is 0.0329. The van der Waals surface area contributed by atoms with Crippen molar-refractivity contribution in [2.24, 2.45) is 0 Å². The van der Waals surface area contributed by atoms with Crippen molar-refractivity contribution in [1.82, 2.24) is 15.1 Å². The molecule has 1 aliphatic carbocycles. The van der Waals surface area contributed by atoms with E-state index in [1.165, 1.54) is 41.3 Å². The summed E-state index contributed by atoms with van der Waals surface area (Å²) in [5.74, 6) is -1.32. The Bertz CT molecular complexity index is 823. The summed E-state index contributed by atoms with van der Waals surface area (Å²) in [5, 5.41) is 26.6. The standard InChI is InChI=1S/C16H16N4O5/c21-14(22)8-16(6-1-7-16)18-15(23)11-9-17-19(10-11)12-2-4-13(5-3-12)20(24)25/h2-5,9-10H,1,6-8H2,(H,18,23)(H,21,22). The van der Waals surface area contributed by atoms with Gasteiger partial charge in [-0.25, -0.2) is 4.68 Å². The van der Waals surface area contributed by atoms with Crippen molar-refractivity contribution >= 4 is 17.6 Å².